The van der Waals surface area contributed by atoms with E-state index in [9.17, 15) is 0 Å². The number of nitrogens with one attached hydrogen (secondary N) is 2. The van der Waals surface area contributed by atoms with E-state index >= 15 is 0 Å². The molecule has 0 unspecified atom stereocenters. The van der Waals surface area contributed by atoms with Gasteiger partial charge >= 0.3 is 0 Å². The van der Waals surface area contributed by atoms with E-state index < -0.39 is 0 Å². The topological polar surface area (TPSA) is 33.3 Å². The first-order chi connectivity index (χ1) is 8.92. The molecule has 4 heteroatoms. The summed E-state index contributed by atoms with van der Waals surface area (Å²) in [5, 5.41) is 6.93. The molecule has 0 bridgehead atoms. The van der Waals surface area contributed by atoms with Gasteiger partial charge in [-0.2, -0.15) is 0 Å². The highest BCUT2D eigenvalue weighted by molar-refractivity contribution is 9.10. The second-order valence-electron chi connectivity index (χ2n) is 5.68. The predicted octanol–water partition coefficient (Wildman–Crippen LogP) is 3.33. The zero-order valence-electron chi connectivity index (χ0n) is 12.3. The second kappa shape index (κ2) is 7.88. The van der Waals surface area contributed by atoms with Crippen LogP contribution >= 0.6 is 15.9 Å². The Labute approximate surface area is 125 Å². The van der Waals surface area contributed by atoms with Crippen molar-refractivity contribution in [1.29, 1.82) is 0 Å². The van der Waals surface area contributed by atoms with Gasteiger partial charge in [0.25, 0.3) is 0 Å². The third-order valence-electron chi connectivity index (χ3n) is 2.73. The summed E-state index contributed by atoms with van der Waals surface area (Å²) < 4.78 is 6.22. The van der Waals surface area contributed by atoms with Gasteiger partial charge in [0.05, 0.1) is 11.6 Å². The fourth-order valence-corrected chi connectivity index (χ4v) is 2.32. The van der Waals surface area contributed by atoms with Gasteiger partial charge in [-0.05, 0) is 73.9 Å². The normalized spacial score (nSPS) is 11.6. The maximum absolute atomic E-state index is 5.21. The van der Waals surface area contributed by atoms with Crippen LogP contribution < -0.4 is 15.4 Å². The van der Waals surface area contributed by atoms with Crippen LogP contribution in [0.2, 0.25) is 0 Å². The van der Waals surface area contributed by atoms with Crippen molar-refractivity contribution < 1.29 is 4.74 Å². The van der Waals surface area contributed by atoms with E-state index in [1.807, 2.05) is 6.07 Å². The second-order valence-corrected chi connectivity index (χ2v) is 6.53. The van der Waals surface area contributed by atoms with Crippen molar-refractivity contribution >= 4 is 15.9 Å². The number of methoxy groups -OCH3 is 1. The van der Waals surface area contributed by atoms with E-state index in [4.69, 9.17) is 4.74 Å². The van der Waals surface area contributed by atoms with Crippen LogP contribution in [0.1, 0.15) is 32.8 Å². The summed E-state index contributed by atoms with van der Waals surface area (Å²) in [6, 6.07) is 6.17. The fraction of sp³-hybridized carbons (Fsp3) is 0.600. The molecule has 0 spiro atoms. The van der Waals surface area contributed by atoms with Gasteiger partial charge in [0.15, 0.2) is 0 Å². The van der Waals surface area contributed by atoms with E-state index in [1.54, 1.807) is 7.11 Å². The van der Waals surface area contributed by atoms with Crippen molar-refractivity contribution in [3.05, 3.63) is 28.2 Å². The Morgan fingerprint density at radius 1 is 1.21 bits per heavy atom. The summed E-state index contributed by atoms with van der Waals surface area (Å²) in [6.45, 7) is 9.52. The number of benzene rings is 1. The molecule has 0 aliphatic rings. The van der Waals surface area contributed by atoms with Crippen LogP contribution in [0.15, 0.2) is 22.7 Å². The molecule has 3 nitrogen and oxygen atoms in total. The molecule has 0 saturated heterocycles. The number of ether oxygens (including phenoxy) is 1. The van der Waals surface area contributed by atoms with Crippen LogP contribution in [0.4, 0.5) is 0 Å². The lowest BCUT2D eigenvalue weighted by Gasteiger charge is -2.20. The summed E-state index contributed by atoms with van der Waals surface area (Å²) in [5.41, 5.74) is 1.47. The highest BCUT2D eigenvalue weighted by atomic mass is 79.9. The SMILES string of the molecule is COc1ccc(CNCCCNC(C)(C)C)cc1Br. The highest BCUT2D eigenvalue weighted by Gasteiger charge is 2.06. The maximum Gasteiger partial charge on any atom is 0.133 e. The van der Waals surface area contributed by atoms with Gasteiger partial charge in [-0.25, -0.2) is 0 Å². The molecule has 1 aromatic carbocycles. The first-order valence-corrected chi connectivity index (χ1v) is 7.50. The number of halogens is 1. The minimum absolute atomic E-state index is 0.209. The number of rotatable bonds is 7. The summed E-state index contributed by atoms with van der Waals surface area (Å²) in [4.78, 5) is 0. The Morgan fingerprint density at radius 2 is 1.95 bits per heavy atom. The van der Waals surface area contributed by atoms with Crippen LogP contribution in [0.5, 0.6) is 5.75 Å². The molecule has 2 N–H and O–H groups in total. The van der Waals surface area contributed by atoms with Crippen LogP contribution in [0.25, 0.3) is 0 Å². The molecule has 0 saturated carbocycles. The Morgan fingerprint density at radius 3 is 2.53 bits per heavy atom. The molecule has 0 heterocycles. The zero-order chi connectivity index (χ0) is 14.3. The van der Waals surface area contributed by atoms with Gasteiger partial charge in [-0.3, -0.25) is 0 Å². The Bertz CT molecular complexity index is 388. The number of hydrogen-bond acceptors (Lipinski definition) is 3. The summed E-state index contributed by atoms with van der Waals surface area (Å²) in [5.74, 6) is 0.873. The summed E-state index contributed by atoms with van der Waals surface area (Å²) >= 11 is 3.50. The van der Waals surface area contributed by atoms with Crippen molar-refractivity contribution in [3.63, 3.8) is 0 Å². The monoisotopic (exact) mass is 328 g/mol. The van der Waals surface area contributed by atoms with Gasteiger partial charge in [0, 0.05) is 12.1 Å². The van der Waals surface area contributed by atoms with Crippen molar-refractivity contribution in [2.45, 2.75) is 39.3 Å². The zero-order valence-corrected chi connectivity index (χ0v) is 13.9. The molecule has 1 aromatic rings. The quantitative estimate of drug-likeness (QED) is 0.753. The van der Waals surface area contributed by atoms with E-state index in [0.29, 0.717) is 0 Å². The Hall–Kier alpha value is -0.580. The van der Waals surface area contributed by atoms with Crippen molar-refractivity contribution in [2.24, 2.45) is 0 Å². The van der Waals surface area contributed by atoms with Gasteiger partial charge in [-0.15, -0.1) is 0 Å². The lowest BCUT2D eigenvalue weighted by molar-refractivity contribution is 0.411. The standard InChI is InChI=1S/C15H25BrN2O/c1-15(2,3)18-9-5-8-17-11-12-6-7-14(19-4)13(16)10-12/h6-7,10,17-18H,5,8-9,11H2,1-4H3. The van der Waals surface area contributed by atoms with Gasteiger partial charge in [0.1, 0.15) is 5.75 Å². The molecule has 0 radical (unpaired) electrons. The van der Waals surface area contributed by atoms with Crippen molar-refractivity contribution in [3.8, 4) is 5.75 Å². The first-order valence-electron chi connectivity index (χ1n) is 6.70. The fourth-order valence-electron chi connectivity index (χ4n) is 1.73. The molecule has 0 aliphatic carbocycles. The van der Waals surface area contributed by atoms with E-state index in [-0.39, 0.29) is 5.54 Å². The lowest BCUT2D eigenvalue weighted by atomic mass is 10.1. The third-order valence-corrected chi connectivity index (χ3v) is 3.35. The molecule has 0 aliphatic heterocycles. The van der Waals surface area contributed by atoms with Crippen LogP contribution in [-0.2, 0) is 6.54 Å². The van der Waals surface area contributed by atoms with Crippen LogP contribution in [-0.4, -0.2) is 25.7 Å². The largest absolute Gasteiger partial charge is 0.496 e. The first kappa shape index (κ1) is 16.5. The molecule has 108 valence electrons. The third kappa shape index (κ3) is 6.95. The highest BCUT2D eigenvalue weighted by Crippen LogP contribution is 2.25. The number of hydrogen-bond donors (Lipinski definition) is 2. The molecule has 19 heavy (non-hydrogen) atoms. The molecular formula is C15H25BrN2O. The van der Waals surface area contributed by atoms with Crippen molar-refractivity contribution in [2.75, 3.05) is 20.2 Å². The molecule has 0 aromatic heterocycles. The predicted molar refractivity (Wildman–Crippen MR) is 84.8 cm³/mol. The van der Waals surface area contributed by atoms with E-state index in [0.717, 1.165) is 36.3 Å². The molecule has 0 amide bonds. The Kier molecular flexibility index (Phi) is 6.83. The van der Waals surface area contributed by atoms with Gasteiger partial charge < -0.3 is 15.4 Å². The molecule has 0 fully saturated rings. The maximum atomic E-state index is 5.21. The van der Waals surface area contributed by atoms with Gasteiger partial charge in [-0.1, -0.05) is 6.07 Å². The van der Waals surface area contributed by atoms with E-state index in [1.165, 1.54) is 5.56 Å². The lowest BCUT2D eigenvalue weighted by Crippen LogP contribution is -2.37. The van der Waals surface area contributed by atoms with E-state index in [2.05, 4.69) is 59.5 Å². The average Bonchev–Trinajstić information content (AvgIpc) is 2.32. The average molecular weight is 329 g/mol. The minimum Gasteiger partial charge on any atom is -0.496 e. The summed E-state index contributed by atoms with van der Waals surface area (Å²) in [6.07, 6.45) is 1.13. The Balaban J connectivity index is 2.21. The molecule has 1 rings (SSSR count). The smallest absolute Gasteiger partial charge is 0.133 e. The van der Waals surface area contributed by atoms with Crippen LogP contribution in [0.3, 0.4) is 0 Å². The van der Waals surface area contributed by atoms with Crippen LogP contribution in [0, 0.1) is 0 Å². The summed E-state index contributed by atoms with van der Waals surface area (Å²) in [7, 11) is 1.68. The molecular weight excluding hydrogens is 304 g/mol. The van der Waals surface area contributed by atoms with Gasteiger partial charge in [0.2, 0.25) is 0 Å². The minimum atomic E-state index is 0.209. The molecule has 0 atom stereocenters. The van der Waals surface area contributed by atoms with Crippen molar-refractivity contribution in [1.82, 2.24) is 10.6 Å².